The van der Waals surface area contributed by atoms with Gasteiger partial charge in [0, 0.05) is 19.1 Å². The number of nitrogens with two attached hydrogens (primary N) is 2. The molecule has 1 amide bonds. The summed E-state index contributed by atoms with van der Waals surface area (Å²) in [7, 11) is 0. The molecule has 0 aliphatic rings. The molecule has 0 aromatic heterocycles. The van der Waals surface area contributed by atoms with Crippen LogP contribution in [0.1, 0.15) is 18.4 Å². The van der Waals surface area contributed by atoms with Gasteiger partial charge >= 0.3 is 0 Å². The lowest BCUT2D eigenvalue weighted by molar-refractivity contribution is -0.122. The monoisotopic (exact) mass is 294 g/mol. The van der Waals surface area contributed by atoms with Crippen LogP contribution in [-0.4, -0.2) is 38.9 Å². The van der Waals surface area contributed by atoms with Crippen molar-refractivity contribution in [1.29, 1.82) is 0 Å². The number of amides is 1. The van der Waals surface area contributed by atoms with Gasteiger partial charge in [-0.25, -0.2) is 0 Å². The van der Waals surface area contributed by atoms with E-state index in [1.165, 1.54) is 5.56 Å². The number of benzene rings is 1. The lowest BCUT2D eigenvalue weighted by Crippen LogP contribution is -2.25. The van der Waals surface area contributed by atoms with E-state index >= 15 is 0 Å². The number of carbonyl (C=O) groups is 1. The predicted octanol–water partition coefficient (Wildman–Crippen LogP) is 1.10. The Balaban J connectivity index is 2.17. The first-order valence-electron chi connectivity index (χ1n) is 7.43. The molecule has 4 N–H and O–H groups in total. The molecule has 5 heteroatoms. The molecular weight excluding hydrogens is 268 g/mol. The second-order valence-corrected chi connectivity index (χ2v) is 4.93. The average molecular weight is 294 g/mol. The van der Waals surface area contributed by atoms with Gasteiger partial charge in [-0.15, -0.1) is 0 Å². The highest BCUT2D eigenvalue weighted by Crippen LogP contribution is 2.13. The zero-order valence-electron chi connectivity index (χ0n) is 12.5. The molecule has 0 aliphatic carbocycles. The van der Waals surface area contributed by atoms with Gasteiger partial charge in [-0.1, -0.05) is 30.3 Å². The minimum absolute atomic E-state index is 0.143. The Morgan fingerprint density at radius 3 is 2.29 bits per heavy atom. The topological polar surface area (TPSA) is 87.6 Å². The van der Waals surface area contributed by atoms with Gasteiger partial charge in [0.2, 0.25) is 5.91 Å². The third-order valence-corrected chi connectivity index (χ3v) is 3.27. The summed E-state index contributed by atoms with van der Waals surface area (Å²) in [5, 5.41) is 0. The Hall–Kier alpha value is -1.43. The Bertz CT molecular complexity index is 384. The maximum atomic E-state index is 11.5. The van der Waals surface area contributed by atoms with E-state index < -0.39 is 0 Å². The lowest BCUT2D eigenvalue weighted by Gasteiger charge is -2.13. The van der Waals surface area contributed by atoms with Crippen molar-refractivity contribution < 1.29 is 14.3 Å². The third kappa shape index (κ3) is 8.45. The van der Waals surface area contributed by atoms with E-state index in [1.807, 2.05) is 18.2 Å². The Morgan fingerprint density at radius 1 is 1.00 bits per heavy atom. The summed E-state index contributed by atoms with van der Waals surface area (Å²) in [6.45, 7) is 2.63. The molecule has 0 radical (unpaired) electrons. The highest BCUT2D eigenvalue weighted by atomic mass is 16.5. The van der Waals surface area contributed by atoms with Crippen molar-refractivity contribution in [3.05, 3.63) is 35.9 Å². The molecule has 5 nitrogen and oxygen atoms in total. The summed E-state index contributed by atoms with van der Waals surface area (Å²) < 4.78 is 10.6. The van der Waals surface area contributed by atoms with Gasteiger partial charge in [0.1, 0.15) is 0 Å². The molecule has 0 aliphatic heterocycles. The van der Waals surface area contributed by atoms with Crippen molar-refractivity contribution in [2.24, 2.45) is 17.4 Å². The fourth-order valence-electron chi connectivity index (χ4n) is 2.05. The molecule has 118 valence electrons. The van der Waals surface area contributed by atoms with Crippen LogP contribution in [0.15, 0.2) is 30.3 Å². The van der Waals surface area contributed by atoms with Crippen LogP contribution >= 0.6 is 0 Å². The Morgan fingerprint density at radius 2 is 1.67 bits per heavy atom. The molecule has 1 aromatic rings. The molecule has 0 spiro atoms. The number of rotatable bonds is 12. The zero-order chi connectivity index (χ0) is 15.3. The first-order valence-corrected chi connectivity index (χ1v) is 7.43. The van der Waals surface area contributed by atoms with Crippen LogP contribution in [0.25, 0.3) is 0 Å². The van der Waals surface area contributed by atoms with Crippen LogP contribution in [0.3, 0.4) is 0 Å². The van der Waals surface area contributed by atoms with E-state index in [1.54, 1.807) is 0 Å². The summed E-state index contributed by atoms with van der Waals surface area (Å²) in [4.78, 5) is 11.5. The molecular formula is C16H26N2O3. The quantitative estimate of drug-likeness (QED) is 0.565. The summed E-state index contributed by atoms with van der Waals surface area (Å²) >= 11 is 0. The summed E-state index contributed by atoms with van der Waals surface area (Å²) in [6.07, 6.45) is 2.26. The Kier molecular flexibility index (Phi) is 9.44. The fourth-order valence-corrected chi connectivity index (χ4v) is 2.05. The normalized spacial score (nSPS) is 12.2. The second kappa shape index (κ2) is 11.3. The van der Waals surface area contributed by atoms with E-state index in [2.05, 4.69) is 12.1 Å². The smallest absolute Gasteiger partial charge is 0.220 e. The number of hydrogen-bond donors (Lipinski definition) is 2. The van der Waals surface area contributed by atoms with Gasteiger partial charge in [0.25, 0.3) is 0 Å². The number of primary amides is 1. The fraction of sp³-hybridized carbons (Fsp3) is 0.562. The predicted molar refractivity (Wildman–Crippen MR) is 82.8 cm³/mol. The van der Waals surface area contributed by atoms with Gasteiger partial charge in [-0.2, -0.15) is 0 Å². The van der Waals surface area contributed by atoms with Crippen LogP contribution < -0.4 is 11.5 Å². The molecule has 1 unspecified atom stereocenters. The van der Waals surface area contributed by atoms with Crippen molar-refractivity contribution in [2.45, 2.75) is 19.3 Å². The van der Waals surface area contributed by atoms with Crippen LogP contribution in [-0.2, 0) is 20.7 Å². The van der Waals surface area contributed by atoms with Crippen molar-refractivity contribution in [2.75, 3.05) is 33.0 Å². The van der Waals surface area contributed by atoms with Crippen molar-refractivity contribution in [3.63, 3.8) is 0 Å². The molecule has 0 fully saturated rings. The third-order valence-electron chi connectivity index (χ3n) is 3.27. The average Bonchev–Trinajstić information content (AvgIpc) is 2.50. The molecule has 0 heterocycles. The molecule has 1 aromatic carbocycles. The molecule has 21 heavy (non-hydrogen) atoms. The van der Waals surface area contributed by atoms with E-state index in [-0.39, 0.29) is 11.8 Å². The van der Waals surface area contributed by atoms with Crippen LogP contribution in [0, 0.1) is 5.92 Å². The van der Waals surface area contributed by atoms with Crippen LogP contribution in [0.5, 0.6) is 0 Å². The highest BCUT2D eigenvalue weighted by molar-refractivity contribution is 5.76. The number of aryl methyl sites for hydroxylation is 1. The van der Waals surface area contributed by atoms with Gasteiger partial charge in [-0.3, -0.25) is 4.79 Å². The van der Waals surface area contributed by atoms with Crippen molar-refractivity contribution in [3.8, 4) is 0 Å². The summed E-state index contributed by atoms with van der Waals surface area (Å²) in [5.41, 5.74) is 12.0. The number of hydrogen-bond acceptors (Lipinski definition) is 4. The van der Waals surface area contributed by atoms with Gasteiger partial charge in [0.05, 0.1) is 19.8 Å². The minimum Gasteiger partial charge on any atom is -0.379 e. The van der Waals surface area contributed by atoms with Gasteiger partial charge in [0.15, 0.2) is 0 Å². The van der Waals surface area contributed by atoms with E-state index in [4.69, 9.17) is 20.9 Å². The van der Waals surface area contributed by atoms with Crippen LogP contribution in [0.2, 0.25) is 0 Å². The molecule has 0 bridgehead atoms. The second-order valence-electron chi connectivity index (χ2n) is 4.93. The van der Waals surface area contributed by atoms with Gasteiger partial charge < -0.3 is 20.9 Å². The van der Waals surface area contributed by atoms with Gasteiger partial charge in [-0.05, 0) is 24.8 Å². The molecule has 0 saturated heterocycles. The largest absolute Gasteiger partial charge is 0.379 e. The van der Waals surface area contributed by atoms with E-state index in [0.717, 1.165) is 12.8 Å². The molecule has 0 saturated carbocycles. The lowest BCUT2D eigenvalue weighted by atomic mass is 9.96. The molecule has 1 atom stereocenters. The van der Waals surface area contributed by atoms with Crippen LogP contribution in [0.4, 0.5) is 0 Å². The minimum atomic E-state index is -0.256. The van der Waals surface area contributed by atoms with Crippen molar-refractivity contribution >= 4 is 5.91 Å². The number of ether oxygens (including phenoxy) is 2. The summed E-state index contributed by atoms with van der Waals surface area (Å²) in [6, 6.07) is 10.1. The zero-order valence-corrected chi connectivity index (χ0v) is 12.5. The highest BCUT2D eigenvalue weighted by Gasteiger charge is 2.15. The SMILES string of the molecule is NCCOCCOCCC(CCc1ccccc1)C(N)=O. The van der Waals surface area contributed by atoms with E-state index in [9.17, 15) is 4.79 Å². The van der Waals surface area contributed by atoms with Crippen molar-refractivity contribution in [1.82, 2.24) is 0 Å². The first kappa shape index (κ1) is 17.6. The maximum absolute atomic E-state index is 11.5. The van der Waals surface area contributed by atoms with E-state index in [0.29, 0.717) is 39.4 Å². The standard InChI is InChI=1S/C16H26N2O3/c17-9-11-21-13-12-20-10-8-15(16(18)19)7-6-14-4-2-1-3-5-14/h1-5,15H,6-13,17H2,(H2,18,19). The summed E-state index contributed by atoms with van der Waals surface area (Å²) in [5.74, 6) is -0.399. The Labute approximate surface area is 126 Å². The number of carbonyl (C=O) groups excluding carboxylic acids is 1. The first-order chi connectivity index (χ1) is 10.2. The maximum Gasteiger partial charge on any atom is 0.220 e. The molecule has 1 rings (SSSR count).